The van der Waals surface area contributed by atoms with Crippen molar-refractivity contribution in [2.75, 3.05) is 26.7 Å². The Kier molecular flexibility index (Phi) is 5.80. The lowest BCUT2D eigenvalue weighted by atomic mass is 9.86. The lowest BCUT2D eigenvalue weighted by Gasteiger charge is -2.30. The molecule has 0 bridgehead atoms. The van der Waals surface area contributed by atoms with E-state index in [1.165, 1.54) is 0 Å². The van der Waals surface area contributed by atoms with Crippen LogP contribution in [0.5, 0.6) is 0 Å². The maximum atomic E-state index is 13.0. The van der Waals surface area contributed by atoms with Gasteiger partial charge in [-0.1, -0.05) is 6.92 Å². The maximum absolute atomic E-state index is 13.0. The van der Waals surface area contributed by atoms with Crippen LogP contribution in [0.3, 0.4) is 0 Å². The molecule has 1 aliphatic carbocycles. The number of nitrogens with one attached hydrogen (secondary N) is 1. The second kappa shape index (κ2) is 6.64. The van der Waals surface area contributed by atoms with Gasteiger partial charge in [-0.2, -0.15) is 0 Å². The van der Waals surface area contributed by atoms with E-state index in [1.54, 1.807) is 0 Å². The van der Waals surface area contributed by atoms with Gasteiger partial charge in [0.05, 0.1) is 0 Å². The minimum absolute atomic E-state index is 0.0720. The van der Waals surface area contributed by atoms with Gasteiger partial charge >= 0.3 is 0 Å². The molecule has 1 atom stereocenters. The van der Waals surface area contributed by atoms with E-state index in [2.05, 4.69) is 31.1 Å². The summed E-state index contributed by atoms with van der Waals surface area (Å²) < 4.78 is 25.9. The Morgan fingerprint density at radius 1 is 1.35 bits per heavy atom. The molecule has 1 N–H and O–H groups in total. The predicted octanol–water partition coefficient (Wildman–Crippen LogP) is 2.74. The molecule has 0 amide bonds. The standard InChI is InChI=1S/C13H26F2N2/c1-4-17(3)10-11(2)16-9-12-5-7-13(14,15)8-6-12/h11-12,16H,4-10H2,1-3H3. The van der Waals surface area contributed by atoms with Crippen LogP contribution >= 0.6 is 0 Å². The van der Waals surface area contributed by atoms with Gasteiger partial charge in [-0.25, -0.2) is 8.78 Å². The van der Waals surface area contributed by atoms with Gasteiger partial charge in [0.2, 0.25) is 5.92 Å². The topological polar surface area (TPSA) is 15.3 Å². The summed E-state index contributed by atoms with van der Waals surface area (Å²) in [6, 6.07) is 0.433. The van der Waals surface area contributed by atoms with Gasteiger partial charge in [0.25, 0.3) is 0 Å². The number of rotatable bonds is 6. The smallest absolute Gasteiger partial charge is 0.248 e. The Bertz CT molecular complexity index is 211. The molecular weight excluding hydrogens is 222 g/mol. The van der Waals surface area contributed by atoms with E-state index in [4.69, 9.17) is 0 Å². The summed E-state index contributed by atoms with van der Waals surface area (Å²) in [7, 11) is 2.10. The first-order chi connectivity index (χ1) is 7.93. The zero-order valence-corrected chi connectivity index (χ0v) is 11.3. The maximum Gasteiger partial charge on any atom is 0.248 e. The zero-order chi connectivity index (χ0) is 12.9. The Labute approximate surface area is 104 Å². The summed E-state index contributed by atoms with van der Waals surface area (Å²) >= 11 is 0. The van der Waals surface area contributed by atoms with E-state index in [9.17, 15) is 8.78 Å². The number of hydrogen-bond acceptors (Lipinski definition) is 2. The van der Waals surface area contributed by atoms with E-state index in [-0.39, 0.29) is 12.8 Å². The Balaban J connectivity index is 2.15. The summed E-state index contributed by atoms with van der Waals surface area (Å²) in [6.45, 7) is 7.23. The fourth-order valence-electron chi connectivity index (χ4n) is 2.33. The van der Waals surface area contributed by atoms with Crippen molar-refractivity contribution in [2.24, 2.45) is 5.92 Å². The molecule has 2 nitrogen and oxygen atoms in total. The number of nitrogens with zero attached hydrogens (tertiary/aromatic N) is 1. The zero-order valence-electron chi connectivity index (χ0n) is 11.3. The van der Waals surface area contributed by atoms with Crippen molar-refractivity contribution in [2.45, 2.75) is 51.5 Å². The van der Waals surface area contributed by atoms with Gasteiger partial charge in [-0.05, 0) is 45.8 Å². The van der Waals surface area contributed by atoms with Crippen LogP contribution in [0.2, 0.25) is 0 Å². The highest BCUT2D eigenvalue weighted by atomic mass is 19.3. The average Bonchev–Trinajstić information content (AvgIpc) is 2.27. The molecule has 1 unspecified atom stereocenters. The first-order valence-corrected chi connectivity index (χ1v) is 6.72. The SMILES string of the molecule is CCN(C)CC(C)NCC1CCC(F)(F)CC1. The first kappa shape index (κ1) is 14.8. The molecule has 0 saturated heterocycles. The van der Waals surface area contributed by atoms with Gasteiger partial charge in [-0.3, -0.25) is 0 Å². The van der Waals surface area contributed by atoms with Crippen molar-refractivity contribution >= 4 is 0 Å². The number of hydrogen-bond donors (Lipinski definition) is 1. The molecule has 17 heavy (non-hydrogen) atoms. The van der Waals surface area contributed by atoms with Crippen molar-refractivity contribution < 1.29 is 8.78 Å². The van der Waals surface area contributed by atoms with Gasteiger partial charge in [0.1, 0.15) is 0 Å². The lowest BCUT2D eigenvalue weighted by molar-refractivity contribution is -0.0456. The van der Waals surface area contributed by atoms with Crippen LogP contribution in [0.25, 0.3) is 0 Å². The van der Waals surface area contributed by atoms with E-state index in [1.807, 2.05) is 0 Å². The molecule has 4 heteroatoms. The minimum atomic E-state index is -2.40. The van der Waals surface area contributed by atoms with Gasteiger partial charge in [0.15, 0.2) is 0 Å². The summed E-state index contributed by atoms with van der Waals surface area (Å²) in [6.07, 6.45) is 1.47. The second-order valence-corrected chi connectivity index (χ2v) is 5.46. The molecule has 0 aromatic heterocycles. The summed E-state index contributed by atoms with van der Waals surface area (Å²) in [5, 5.41) is 3.46. The lowest BCUT2D eigenvalue weighted by Crippen LogP contribution is -2.40. The number of likely N-dealkylation sites (N-methyl/N-ethyl adjacent to an activating group) is 1. The van der Waals surface area contributed by atoms with Gasteiger partial charge in [0, 0.05) is 25.4 Å². The van der Waals surface area contributed by atoms with E-state index in [0.717, 1.165) is 19.6 Å². The molecule has 1 aliphatic rings. The fourth-order valence-corrected chi connectivity index (χ4v) is 2.33. The fraction of sp³-hybridized carbons (Fsp3) is 1.00. The van der Waals surface area contributed by atoms with Gasteiger partial charge in [-0.15, -0.1) is 0 Å². The molecule has 0 aliphatic heterocycles. The third-order valence-electron chi connectivity index (χ3n) is 3.72. The average molecular weight is 248 g/mol. The van der Waals surface area contributed by atoms with Crippen LogP contribution in [0, 0.1) is 5.92 Å². The van der Waals surface area contributed by atoms with Crippen LogP contribution in [-0.4, -0.2) is 43.5 Å². The normalized spacial score (nSPS) is 22.9. The van der Waals surface area contributed by atoms with E-state index >= 15 is 0 Å². The third-order valence-corrected chi connectivity index (χ3v) is 3.72. The summed E-state index contributed by atoms with van der Waals surface area (Å²) in [5.74, 6) is -1.96. The molecule has 0 radical (unpaired) electrons. The van der Waals surface area contributed by atoms with Crippen LogP contribution in [0.1, 0.15) is 39.5 Å². The minimum Gasteiger partial charge on any atom is -0.313 e. The van der Waals surface area contributed by atoms with Crippen LogP contribution in [0.4, 0.5) is 8.78 Å². The molecule has 1 fully saturated rings. The monoisotopic (exact) mass is 248 g/mol. The predicted molar refractivity (Wildman–Crippen MR) is 67.5 cm³/mol. The van der Waals surface area contributed by atoms with Crippen molar-refractivity contribution in [1.29, 1.82) is 0 Å². The van der Waals surface area contributed by atoms with Crippen molar-refractivity contribution in [1.82, 2.24) is 10.2 Å². The molecule has 0 spiro atoms. The largest absolute Gasteiger partial charge is 0.313 e. The highest BCUT2D eigenvalue weighted by Gasteiger charge is 2.34. The van der Waals surface area contributed by atoms with Crippen molar-refractivity contribution in [3.63, 3.8) is 0 Å². The van der Waals surface area contributed by atoms with Crippen molar-refractivity contribution in [3.8, 4) is 0 Å². The van der Waals surface area contributed by atoms with E-state index in [0.29, 0.717) is 24.8 Å². The van der Waals surface area contributed by atoms with Gasteiger partial charge < -0.3 is 10.2 Å². The highest BCUT2D eigenvalue weighted by Crippen LogP contribution is 2.35. The quantitative estimate of drug-likeness (QED) is 0.777. The third kappa shape index (κ3) is 5.77. The molecule has 0 aromatic carbocycles. The van der Waals surface area contributed by atoms with Crippen LogP contribution in [-0.2, 0) is 0 Å². The molecule has 1 saturated carbocycles. The first-order valence-electron chi connectivity index (χ1n) is 6.72. The van der Waals surface area contributed by atoms with Crippen molar-refractivity contribution in [3.05, 3.63) is 0 Å². The Morgan fingerprint density at radius 3 is 2.47 bits per heavy atom. The van der Waals surface area contributed by atoms with Crippen LogP contribution < -0.4 is 5.32 Å². The second-order valence-electron chi connectivity index (χ2n) is 5.46. The Hall–Kier alpha value is -0.220. The molecule has 0 heterocycles. The molecule has 102 valence electrons. The molecule has 0 aromatic rings. The number of alkyl halides is 2. The van der Waals surface area contributed by atoms with Crippen LogP contribution in [0.15, 0.2) is 0 Å². The summed E-state index contributed by atoms with van der Waals surface area (Å²) in [5.41, 5.74) is 0. The molecule has 1 rings (SSSR count). The highest BCUT2D eigenvalue weighted by molar-refractivity contribution is 4.79. The van der Waals surface area contributed by atoms with E-state index < -0.39 is 5.92 Å². The molecular formula is C13H26F2N2. The number of halogens is 2. The Morgan fingerprint density at radius 2 is 1.94 bits per heavy atom. The summed E-state index contributed by atoms with van der Waals surface area (Å²) in [4.78, 5) is 2.26.